The van der Waals surface area contributed by atoms with Crippen LogP contribution in [0.3, 0.4) is 0 Å². The van der Waals surface area contributed by atoms with Gasteiger partial charge in [-0.15, -0.1) is 0 Å². The Hall–Kier alpha value is -0.730. The summed E-state index contributed by atoms with van der Waals surface area (Å²) in [7, 11) is 0. The molecule has 0 radical (unpaired) electrons. The van der Waals surface area contributed by atoms with Gasteiger partial charge in [0, 0.05) is 23.0 Å². The molecule has 0 amide bonds. The fourth-order valence-corrected chi connectivity index (χ4v) is 2.75. The molecule has 1 saturated carbocycles. The Labute approximate surface area is 94.4 Å². The lowest BCUT2D eigenvalue weighted by molar-refractivity contribution is -0.0329. The van der Waals surface area contributed by atoms with Crippen LogP contribution in [-0.2, 0) is 0 Å². The first-order valence-corrected chi connectivity index (χ1v) is 5.80. The summed E-state index contributed by atoms with van der Waals surface area (Å²) in [4.78, 5) is 0. The van der Waals surface area contributed by atoms with Gasteiger partial charge in [-0.1, -0.05) is 11.6 Å². The zero-order valence-corrected chi connectivity index (χ0v) is 9.26. The summed E-state index contributed by atoms with van der Waals surface area (Å²) in [6, 6.07) is 5.81. The lowest BCUT2D eigenvalue weighted by atomic mass is 9.73. The van der Waals surface area contributed by atoms with Crippen molar-refractivity contribution in [2.75, 3.05) is 0 Å². The van der Waals surface area contributed by atoms with Crippen LogP contribution in [0.5, 0.6) is 5.75 Å². The second-order valence-corrected chi connectivity index (χ2v) is 5.07. The number of hydrogen-bond acceptors (Lipinski definition) is 2. The van der Waals surface area contributed by atoms with Gasteiger partial charge in [-0.25, -0.2) is 0 Å². The van der Waals surface area contributed by atoms with Crippen molar-refractivity contribution in [2.45, 2.75) is 37.3 Å². The molecule has 0 bridgehead atoms. The van der Waals surface area contributed by atoms with Crippen molar-refractivity contribution in [3.8, 4) is 5.75 Å². The molecule has 15 heavy (non-hydrogen) atoms. The third-order valence-corrected chi connectivity index (χ3v) is 3.79. The predicted octanol–water partition coefficient (Wildman–Crippen LogP) is 3.05. The number of rotatable bonds is 0. The summed E-state index contributed by atoms with van der Waals surface area (Å²) in [5, 5.41) is 0.734. The third-order valence-electron chi connectivity index (χ3n) is 3.55. The first kappa shape index (κ1) is 9.49. The van der Waals surface area contributed by atoms with E-state index in [9.17, 15) is 0 Å². The molecule has 0 unspecified atom stereocenters. The SMILES string of the molecule is N[C@H]1CC2(CCC2)Oc2ccc(Cl)cc21. The molecule has 1 aromatic rings. The molecule has 2 aliphatic rings. The highest BCUT2D eigenvalue weighted by atomic mass is 35.5. The maximum Gasteiger partial charge on any atom is 0.125 e. The smallest absolute Gasteiger partial charge is 0.125 e. The quantitative estimate of drug-likeness (QED) is 0.734. The number of hydrogen-bond donors (Lipinski definition) is 1. The van der Waals surface area contributed by atoms with Gasteiger partial charge in [-0.3, -0.25) is 0 Å². The van der Waals surface area contributed by atoms with Crippen LogP contribution in [0, 0.1) is 0 Å². The van der Waals surface area contributed by atoms with E-state index in [4.69, 9.17) is 22.1 Å². The van der Waals surface area contributed by atoms with Crippen LogP contribution in [0.15, 0.2) is 18.2 Å². The van der Waals surface area contributed by atoms with E-state index in [0.29, 0.717) is 0 Å². The van der Waals surface area contributed by atoms with Crippen LogP contribution >= 0.6 is 11.6 Å². The predicted molar refractivity (Wildman–Crippen MR) is 60.2 cm³/mol. The van der Waals surface area contributed by atoms with E-state index in [1.54, 1.807) is 0 Å². The second-order valence-electron chi connectivity index (χ2n) is 4.63. The van der Waals surface area contributed by atoms with Crippen molar-refractivity contribution in [3.05, 3.63) is 28.8 Å². The highest BCUT2D eigenvalue weighted by Crippen LogP contribution is 2.48. The molecule has 2 nitrogen and oxygen atoms in total. The molecule has 80 valence electrons. The Morgan fingerprint density at radius 1 is 1.40 bits per heavy atom. The van der Waals surface area contributed by atoms with Gasteiger partial charge in [-0.2, -0.15) is 0 Å². The molecule has 1 aliphatic heterocycles. The Morgan fingerprint density at radius 3 is 2.87 bits per heavy atom. The Kier molecular flexibility index (Phi) is 1.98. The summed E-state index contributed by atoms with van der Waals surface area (Å²) >= 11 is 5.95. The van der Waals surface area contributed by atoms with Crippen molar-refractivity contribution >= 4 is 11.6 Å². The Morgan fingerprint density at radius 2 is 2.20 bits per heavy atom. The van der Waals surface area contributed by atoms with Crippen LogP contribution in [-0.4, -0.2) is 5.60 Å². The molecule has 0 saturated heterocycles. The number of benzene rings is 1. The minimum Gasteiger partial charge on any atom is -0.487 e. The fraction of sp³-hybridized carbons (Fsp3) is 0.500. The van der Waals surface area contributed by atoms with Gasteiger partial charge in [-0.05, 0) is 37.5 Å². The largest absolute Gasteiger partial charge is 0.487 e. The van der Waals surface area contributed by atoms with Crippen molar-refractivity contribution in [2.24, 2.45) is 5.73 Å². The van der Waals surface area contributed by atoms with Gasteiger partial charge in [0.1, 0.15) is 11.4 Å². The molecule has 3 heteroatoms. The molecule has 1 aliphatic carbocycles. The normalized spacial score (nSPS) is 26.7. The van der Waals surface area contributed by atoms with Crippen LogP contribution < -0.4 is 10.5 Å². The minimum absolute atomic E-state index is 0.0419. The van der Waals surface area contributed by atoms with Gasteiger partial charge >= 0.3 is 0 Å². The zero-order valence-electron chi connectivity index (χ0n) is 8.50. The highest BCUT2D eigenvalue weighted by molar-refractivity contribution is 6.30. The van der Waals surface area contributed by atoms with E-state index < -0.39 is 0 Å². The average Bonchev–Trinajstić information content (AvgIpc) is 2.16. The summed E-state index contributed by atoms with van der Waals surface area (Å²) in [5.41, 5.74) is 7.26. The molecule has 2 N–H and O–H groups in total. The number of nitrogens with two attached hydrogens (primary N) is 1. The molecule has 0 aromatic heterocycles. The molecule has 3 rings (SSSR count). The molecule has 1 heterocycles. The number of fused-ring (bicyclic) bond motifs is 1. The summed E-state index contributed by atoms with van der Waals surface area (Å²) < 4.78 is 6.04. The van der Waals surface area contributed by atoms with Gasteiger partial charge in [0.25, 0.3) is 0 Å². The molecule has 1 atom stereocenters. The summed E-state index contributed by atoms with van der Waals surface area (Å²) in [5.74, 6) is 0.929. The van der Waals surface area contributed by atoms with Crippen molar-refractivity contribution in [3.63, 3.8) is 0 Å². The van der Waals surface area contributed by atoms with Gasteiger partial charge in [0.15, 0.2) is 0 Å². The van der Waals surface area contributed by atoms with Crippen molar-refractivity contribution in [1.29, 1.82) is 0 Å². The molecule has 1 aromatic carbocycles. The first-order valence-electron chi connectivity index (χ1n) is 5.43. The van der Waals surface area contributed by atoms with E-state index >= 15 is 0 Å². The Bertz CT molecular complexity index is 401. The Balaban J connectivity index is 2.01. The van der Waals surface area contributed by atoms with Crippen LogP contribution in [0.2, 0.25) is 5.02 Å². The van der Waals surface area contributed by atoms with Crippen LogP contribution in [0.25, 0.3) is 0 Å². The zero-order chi connectivity index (χ0) is 10.5. The summed E-state index contributed by atoms with van der Waals surface area (Å²) in [6.45, 7) is 0. The minimum atomic E-state index is 0.0419. The van der Waals surface area contributed by atoms with Crippen LogP contribution in [0.1, 0.15) is 37.3 Å². The topological polar surface area (TPSA) is 35.2 Å². The average molecular weight is 224 g/mol. The van der Waals surface area contributed by atoms with E-state index in [-0.39, 0.29) is 11.6 Å². The molecule has 1 spiro atoms. The van der Waals surface area contributed by atoms with E-state index in [1.165, 1.54) is 6.42 Å². The fourth-order valence-electron chi connectivity index (χ4n) is 2.56. The van der Waals surface area contributed by atoms with Crippen LogP contribution in [0.4, 0.5) is 0 Å². The second kappa shape index (κ2) is 3.13. The number of halogens is 1. The van der Waals surface area contributed by atoms with E-state index in [2.05, 4.69) is 0 Å². The van der Waals surface area contributed by atoms with Gasteiger partial charge < -0.3 is 10.5 Å². The van der Waals surface area contributed by atoms with E-state index in [1.807, 2.05) is 18.2 Å². The van der Waals surface area contributed by atoms with Crippen molar-refractivity contribution in [1.82, 2.24) is 0 Å². The maximum absolute atomic E-state index is 6.16. The monoisotopic (exact) mass is 223 g/mol. The summed E-state index contributed by atoms with van der Waals surface area (Å²) in [6.07, 6.45) is 4.47. The van der Waals surface area contributed by atoms with Gasteiger partial charge in [0.2, 0.25) is 0 Å². The van der Waals surface area contributed by atoms with Gasteiger partial charge in [0.05, 0.1) is 0 Å². The third kappa shape index (κ3) is 1.44. The molecular weight excluding hydrogens is 210 g/mol. The van der Waals surface area contributed by atoms with E-state index in [0.717, 1.165) is 35.6 Å². The molecular formula is C12H14ClNO. The van der Waals surface area contributed by atoms with Crippen molar-refractivity contribution < 1.29 is 4.74 Å². The number of ether oxygens (including phenoxy) is 1. The maximum atomic E-state index is 6.16. The lowest BCUT2D eigenvalue weighted by Gasteiger charge is -2.47. The highest BCUT2D eigenvalue weighted by Gasteiger charge is 2.44. The first-order chi connectivity index (χ1) is 7.19. The molecule has 1 fully saturated rings. The standard InChI is InChI=1S/C12H14ClNO/c13-8-2-3-11-9(6-8)10(14)7-12(15-11)4-1-5-12/h2-3,6,10H,1,4-5,7,14H2/t10-/m0/s1. The lowest BCUT2D eigenvalue weighted by Crippen LogP contribution is -2.48.